The van der Waals surface area contributed by atoms with Gasteiger partial charge in [-0.15, -0.1) is 0 Å². The molecule has 8 heavy (non-hydrogen) atoms. The largest absolute Gasteiger partial charge is 0.341 e. The number of hydrogen-bond acceptors (Lipinski definition) is 1. The zero-order chi connectivity index (χ0) is 6.57. The highest BCUT2D eigenvalue weighted by Gasteiger charge is 1.90. The van der Waals surface area contributed by atoms with E-state index in [9.17, 15) is 4.79 Å². The molecule has 0 aliphatic heterocycles. The van der Waals surface area contributed by atoms with E-state index in [1.807, 2.05) is 0 Å². The Bertz CT molecular complexity index is 109. The fourth-order valence-corrected chi connectivity index (χ4v) is 0.256. The van der Waals surface area contributed by atoms with Crippen LogP contribution in [0, 0.1) is 0 Å². The summed E-state index contributed by atoms with van der Waals surface area (Å²) >= 11 is 0. The molecule has 0 atom stereocenters. The molecule has 0 saturated heterocycles. The molecule has 0 rings (SSSR count). The summed E-state index contributed by atoms with van der Waals surface area (Å²) in [4.78, 5) is 10.3. The van der Waals surface area contributed by atoms with Crippen LogP contribution < -0.4 is 10.6 Å². The molecular formula is C5H10N2O. The third-order valence-corrected chi connectivity index (χ3v) is 0.554. The molecule has 3 heteroatoms. The second-order valence-electron chi connectivity index (χ2n) is 1.48. The van der Waals surface area contributed by atoms with E-state index in [1.54, 1.807) is 14.0 Å². The smallest absolute Gasteiger partial charge is 0.318 e. The van der Waals surface area contributed by atoms with Crippen molar-refractivity contribution in [2.75, 3.05) is 7.05 Å². The Morgan fingerprint density at radius 1 is 1.62 bits per heavy atom. The topological polar surface area (TPSA) is 41.1 Å². The van der Waals surface area contributed by atoms with Gasteiger partial charge in [0, 0.05) is 12.7 Å². The Morgan fingerprint density at radius 3 is 2.25 bits per heavy atom. The van der Waals surface area contributed by atoms with Gasteiger partial charge in [0.25, 0.3) is 0 Å². The Balaban J connectivity index is 3.40. The zero-order valence-electron chi connectivity index (χ0n) is 5.12. The van der Waals surface area contributed by atoms with Crippen LogP contribution >= 0.6 is 0 Å². The SMILES string of the molecule is C=C(C)NC(=O)NC. The summed E-state index contributed by atoms with van der Waals surface area (Å²) in [6, 6.07) is -0.225. The van der Waals surface area contributed by atoms with Gasteiger partial charge < -0.3 is 10.6 Å². The summed E-state index contributed by atoms with van der Waals surface area (Å²) in [5.74, 6) is 0. The fraction of sp³-hybridized carbons (Fsp3) is 0.400. The maximum atomic E-state index is 10.3. The molecule has 2 amide bonds. The Labute approximate surface area is 48.8 Å². The molecule has 3 nitrogen and oxygen atoms in total. The van der Waals surface area contributed by atoms with Crippen LogP contribution in [0.1, 0.15) is 6.92 Å². The maximum absolute atomic E-state index is 10.3. The molecule has 0 radical (unpaired) electrons. The van der Waals surface area contributed by atoms with Gasteiger partial charge in [-0.25, -0.2) is 4.79 Å². The molecule has 0 spiro atoms. The molecule has 0 aromatic heterocycles. The van der Waals surface area contributed by atoms with Crippen LogP contribution in [0.15, 0.2) is 12.3 Å². The van der Waals surface area contributed by atoms with Crippen LogP contribution in [-0.2, 0) is 0 Å². The lowest BCUT2D eigenvalue weighted by atomic mass is 10.6. The number of amides is 2. The lowest BCUT2D eigenvalue weighted by Gasteiger charge is -1.99. The summed E-state index contributed by atoms with van der Waals surface area (Å²) in [7, 11) is 1.55. The lowest BCUT2D eigenvalue weighted by Crippen LogP contribution is -2.30. The number of carbonyl (C=O) groups excluding carboxylic acids is 1. The number of rotatable bonds is 1. The Hall–Kier alpha value is -0.990. The van der Waals surface area contributed by atoms with Crippen molar-refractivity contribution < 1.29 is 4.79 Å². The summed E-state index contributed by atoms with van der Waals surface area (Å²) in [5, 5.41) is 4.83. The fourth-order valence-electron chi connectivity index (χ4n) is 0.256. The Morgan fingerprint density at radius 2 is 2.12 bits per heavy atom. The van der Waals surface area contributed by atoms with E-state index in [-0.39, 0.29) is 6.03 Å². The second kappa shape index (κ2) is 3.07. The van der Waals surface area contributed by atoms with Crippen LogP contribution in [0.5, 0.6) is 0 Å². The molecule has 0 aromatic carbocycles. The number of allylic oxidation sites excluding steroid dienone is 1. The summed E-state index contributed by atoms with van der Waals surface area (Å²) in [5.41, 5.74) is 0.643. The van der Waals surface area contributed by atoms with Crippen LogP contribution in [0.4, 0.5) is 4.79 Å². The minimum atomic E-state index is -0.225. The van der Waals surface area contributed by atoms with Gasteiger partial charge in [0.1, 0.15) is 0 Å². The Kier molecular flexibility index (Phi) is 2.69. The first kappa shape index (κ1) is 7.01. The van der Waals surface area contributed by atoms with E-state index in [0.29, 0.717) is 5.70 Å². The van der Waals surface area contributed by atoms with E-state index >= 15 is 0 Å². The van der Waals surface area contributed by atoms with Gasteiger partial charge in [-0.3, -0.25) is 0 Å². The van der Waals surface area contributed by atoms with Crippen molar-refractivity contribution in [3.8, 4) is 0 Å². The lowest BCUT2D eigenvalue weighted by molar-refractivity contribution is 0.245. The van der Waals surface area contributed by atoms with Gasteiger partial charge in [0.05, 0.1) is 0 Å². The molecule has 0 heterocycles. The van der Waals surface area contributed by atoms with Gasteiger partial charge in [0.2, 0.25) is 0 Å². The van der Waals surface area contributed by atoms with Crippen molar-refractivity contribution in [2.45, 2.75) is 6.92 Å². The van der Waals surface area contributed by atoms with E-state index < -0.39 is 0 Å². The van der Waals surface area contributed by atoms with Gasteiger partial charge in [-0.1, -0.05) is 6.58 Å². The standard InChI is InChI=1S/C5H10N2O/c1-4(2)7-5(8)6-3/h1H2,2-3H3,(H2,6,7,8). The molecule has 2 N–H and O–H groups in total. The van der Waals surface area contributed by atoms with E-state index in [2.05, 4.69) is 17.2 Å². The van der Waals surface area contributed by atoms with Gasteiger partial charge >= 0.3 is 6.03 Å². The minimum absolute atomic E-state index is 0.225. The van der Waals surface area contributed by atoms with Gasteiger partial charge in [-0.05, 0) is 6.92 Å². The molecule has 0 aromatic rings. The van der Waals surface area contributed by atoms with Gasteiger partial charge in [0.15, 0.2) is 0 Å². The number of carbonyl (C=O) groups is 1. The number of urea groups is 1. The highest BCUT2D eigenvalue weighted by atomic mass is 16.2. The van der Waals surface area contributed by atoms with Crippen molar-refractivity contribution in [3.05, 3.63) is 12.3 Å². The van der Waals surface area contributed by atoms with Crippen molar-refractivity contribution in [2.24, 2.45) is 0 Å². The van der Waals surface area contributed by atoms with E-state index in [0.717, 1.165) is 0 Å². The third-order valence-electron chi connectivity index (χ3n) is 0.554. The first-order valence-electron chi connectivity index (χ1n) is 2.31. The quantitative estimate of drug-likeness (QED) is 0.510. The minimum Gasteiger partial charge on any atom is -0.341 e. The molecule has 0 aliphatic carbocycles. The van der Waals surface area contributed by atoms with Crippen molar-refractivity contribution >= 4 is 6.03 Å². The van der Waals surface area contributed by atoms with Crippen LogP contribution in [-0.4, -0.2) is 13.1 Å². The number of nitrogens with one attached hydrogen (secondary N) is 2. The molecule has 0 aliphatic rings. The van der Waals surface area contributed by atoms with Gasteiger partial charge in [-0.2, -0.15) is 0 Å². The van der Waals surface area contributed by atoms with Crippen LogP contribution in [0.25, 0.3) is 0 Å². The van der Waals surface area contributed by atoms with Crippen molar-refractivity contribution in [3.63, 3.8) is 0 Å². The highest BCUT2D eigenvalue weighted by Crippen LogP contribution is 1.75. The molecule has 0 saturated carbocycles. The average molecular weight is 114 g/mol. The first-order valence-corrected chi connectivity index (χ1v) is 2.31. The maximum Gasteiger partial charge on any atom is 0.318 e. The summed E-state index contributed by atoms with van der Waals surface area (Å²) < 4.78 is 0. The predicted molar refractivity (Wildman–Crippen MR) is 32.4 cm³/mol. The zero-order valence-corrected chi connectivity index (χ0v) is 5.12. The second-order valence-corrected chi connectivity index (χ2v) is 1.48. The van der Waals surface area contributed by atoms with E-state index in [1.165, 1.54) is 0 Å². The normalized spacial score (nSPS) is 7.75. The first-order chi connectivity index (χ1) is 3.66. The molecule has 0 bridgehead atoms. The monoisotopic (exact) mass is 114 g/mol. The number of hydrogen-bond donors (Lipinski definition) is 2. The van der Waals surface area contributed by atoms with Crippen LogP contribution in [0.3, 0.4) is 0 Å². The van der Waals surface area contributed by atoms with Crippen molar-refractivity contribution in [1.82, 2.24) is 10.6 Å². The third kappa shape index (κ3) is 3.21. The predicted octanol–water partition coefficient (Wildman–Crippen LogP) is 0.449. The average Bonchev–Trinajstić information content (AvgIpc) is 1.65. The summed E-state index contributed by atoms with van der Waals surface area (Å²) in [6.07, 6.45) is 0. The molecule has 46 valence electrons. The molecular weight excluding hydrogens is 104 g/mol. The molecule has 0 fully saturated rings. The highest BCUT2D eigenvalue weighted by molar-refractivity contribution is 5.75. The van der Waals surface area contributed by atoms with Crippen LogP contribution in [0.2, 0.25) is 0 Å². The summed E-state index contributed by atoms with van der Waals surface area (Å²) in [6.45, 7) is 5.19. The molecule has 0 unspecified atom stereocenters. The van der Waals surface area contributed by atoms with Crippen molar-refractivity contribution in [1.29, 1.82) is 0 Å². The van der Waals surface area contributed by atoms with E-state index in [4.69, 9.17) is 0 Å².